The Hall–Kier alpha value is -1.30. The molecular weight excluding hydrogens is 186 g/mol. The van der Waals surface area contributed by atoms with E-state index in [2.05, 4.69) is 16.7 Å². The third-order valence-corrected chi connectivity index (χ3v) is 2.56. The van der Waals surface area contributed by atoms with Crippen LogP contribution >= 0.6 is 0 Å². The first kappa shape index (κ1) is 10.2. The first-order chi connectivity index (χ1) is 7.34. The van der Waals surface area contributed by atoms with Crippen LogP contribution in [0.4, 0.5) is 0 Å². The fourth-order valence-corrected chi connectivity index (χ4v) is 1.73. The molecule has 1 atom stereocenters. The summed E-state index contributed by atoms with van der Waals surface area (Å²) in [4.78, 5) is 2.18. The lowest BCUT2D eigenvalue weighted by Crippen LogP contribution is -2.22. The van der Waals surface area contributed by atoms with Gasteiger partial charge in [0.2, 0.25) is 0 Å². The van der Waals surface area contributed by atoms with E-state index in [4.69, 9.17) is 0 Å². The van der Waals surface area contributed by atoms with Gasteiger partial charge in [-0.15, -0.1) is 0 Å². The molecule has 1 saturated heterocycles. The van der Waals surface area contributed by atoms with Crippen molar-refractivity contribution < 1.29 is 5.11 Å². The SMILES string of the molecule is O[C@H]1CCN(CC#Cc2ccccc2)C1. The van der Waals surface area contributed by atoms with Crippen LogP contribution in [0.15, 0.2) is 30.3 Å². The van der Waals surface area contributed by atoms with Crippen molar-refractivity contribution in [2.45, 2.75) is 12.5 Å². The van der Waals surface area contributed by atoms with Crippen molar-refractivity contribution in [2.75, 3.05) is 19.6 Å². The van der Waals surface area contributed by atoms with Gasteiger partial charge in [0.25, 0.3) is 0 Å². The van der Waals surface area contributed by atoms with Crippen molar-refractivity contribution in [3.63, 3.8) is 0 Å². The highest BCUT2D eigenvalue weighted by Gasteiger charge is 2.18. The summed E-state index contributed by atoms with van der Waals surface area (Å²) in [6, 6.07) is 9.98. The molecule has 1 aromatic rings. The molecule has 0 amide bonds. The van der Waals surface area contributed by atoms with Crippen LogP contribution < -0.4 is 0 Å². The van der Waals surface area contributed by atoms with E-state index in [0.717, 1.165) is 31.6 Å². The molecule has 2 heteroatoms. The molecule has 1 fully saturated rings. The van der Waals surface area contributed by atoms with Gasteiger partial charge in [0.1, 0.15) is 0 Å². The van der Waals surface area contributed by atoms with Gasteiger partial charge in [-0.05, 0) is 18.6 Å². The van der Waals surface area contributed by atoms with Crippen LogP contribution in [0.2, 0.25) is 0 Å². The Morgan fingerprint density at radius 1 is 1.33 bits per heavy atom. The van der Waals surface area contributed by atoms with Gasteiger partial charge in [0, 0.05) is 18.7 Å². The van der Waals surface area contributed by atoms with E-state index in [-0.39, 0.29) is 6.10 Å². The van der Waals surface area contributed by atoms with E-state index in [1.54, 1.807) is 0 Å². The van der Waals surface area contributed by atoms with Crippen LogP contribution in [-0.4, -0.2) is 35.7 Å². The van der Waals surface area contributed by atoms with Crippen LogP contribution in [0, 0.1) is 11.8 Å². The molecule has 78 valence electrons. The molecule has 1 aliphatic heterocycles. The van der Waals surface area contributed by atoms with Crippen LogP contribution in [0.25, 0.3) is 0 Å². The van der Waals surface area contributed by atoms with Gasteiger partial charge in [-0.2, -0.15) is 0 Å². The van der Waals surface area contributed by atoms with Gasteiger partial charge in [0.15, 0.2) is 0 Å². The average molecular weight is 201 g/mol. The molecule has 2 rings (SSSR count). The van der Waals surface area contributed by atoms with Gasteiger partial charge in [-0.3, -0.25) is 4.90 Å². The Labute approximate surface area is 90.5 Å². The Kier molecular flexibility index (Phi) is 3.39. The topological polar surface area (TPSA) is 23.5 Å². The van der Waals surface area contributed by atoms with E-state index in [0.29, 0.717) is 0 Å². The number of hydrogen-bond acceptors (Lipinski definition) is 2. The molecule has 0 spiro atoms. The van der Waals surface area contributed by atoms with E-state index in [1.807, 2.05) is 30.3 Å². The van der Waals surface area contributed by atoms with Gasteiger partial charge < -0.3 is 5.11 Å². The number of aliphatic hydroxyl groups is 1. The lowest BCUT2D eigenvalue weighted by atomic mass is 10.2. The molecule has 0 aliphatic carbocycles. The summed E-state index contributed by atoms with van der Waals surface area (Å²) in [6.07, 6.45) is 0.732. The standard InChI is InChI=1S/C13H15NO/c15-13-8-10-14(11-13)9-4-7-12-5-2-1-3-6-12/h1-3,5-6,13,15H,8-11H2/t13-/m0/s1. The number of aliphatic hydroxyl groups excluding tert-OH is 1. The highest BCUT2D eigenvalue weighted by atomic mass is 16.3. The zero-order valence-corrected chi connectivity index (χ0v) is 8.69. The third-order valence-electron chi connectivity index (χ3n) is 2.56. The predicted octanol–water partition coefficient (Wildman–Crippen LogP) is 1.10. The van der Waals surface area contributed by atoms with Gasteiger partial charge >= 0.3 is 0 Å². The predicted molar refractivity (Wildman–Crippen MR) is 60.4 cm³/mol. The van der Waals surface area contributed by atoms with Crippen molar-refractivity contribution in [1.82, 2.24) is 4.90 Å². The quantitative estimate of drug-likeness (QED) is 0.688. The van der Waals surface area contributed by atoms with Crippen molar-refractivity contribution in [1.29, 1.82) is 0 Å². The fourth-order valence-electron chi connectivity index (χ4n) is 1.73. The number of hydrogen-bond donors (Lipinski definition) is 1. The van der Waals surface area contributed by atoms with E-state index in [9.17, 15) is 5.11 Å². The average Bonchev–Trinajstić information content (AvgIpc) is 2.66. The summed E-state index contributed by atoms with van der Waals surface area (Å²) in [5.41, 5.74) is 1.05. The second kappa shape index (κ2) is 4.97. The lowest BCUT2D eigenvalue weighted by molar-refractivity contribution is 0.180. The first-order valence-electron chi connectivity index (χ1n) is 5.29. The molecule has 0 saturated carbocycles. The van der Waals surface area contributed by atoms with E-state index in [1.165, 1.54) is 0 Å². The largest absolute Gasteiger partial charge is 0.392 e. The van der Waals surface area contributed by atoms with E-state index < -0.39 is 0 Å². The molecule has 0 bridgehead atoms. The Balaban J connectivity index is 1.86. The second-order valence-corrected chi connectivity index (χ2v) is 3.85. The fraction of sp³-hybridized carbons (Fsp3) is 0.385. The summed E-state index contributed by atoms with van der Waals surface area (Å²) in [6.45, 7) is 2.49. The first-order valence-corrected chi connectivity index (χ1v) is 5.29. The summed E-state index contributed by atoms with van der Waals surface area (Å²) in [5, 5.41) is 9.33. The Morgan fingerprint density at radius 2 is 2.13 bits per heavy atom. The highest BCUT2D eigenvalue weighted by molar-refractivity contribution is 5.33. The molecule has 2 nitrogen and oxygen atoms in total. The van der Waals surface area contributed by atoms with E-state index >= 15 is 0 Å². The molecule has 0 unspecified atom stereocenters. The molecule has 1 aromatic carbocycles. The lowest BCUT2D eigenvalue weighted by Gasteiger charge is -2.09. The Bertz CT molecular complexity index is 363. The van der Waals surface area contributed by atoms with Crippen LogP contribution in [0.3, 0.4) is 0 Å². The second-order valence-electron chi connectivity index (χ2n) is 3.85. The number of benzene rings is 1. The van der Waals surface area contributed by atoms with Gasteiger partial charge in [-0.25, -0.2) is 0 Å². The van der Waals surface area contributed by atoms with Gasteiger partial charge in [0.05, 0.1) is 12.6 Å². The van der Waals surface area contributed by atoms with Crippen molar-refractivity contribution in [3.05, 3.63) is 35.9 Å². The molecule has 0 aromatic heterocycles. The van der Waals surface area contributed by atoms with Crippen LogP contribution in [0.5, 0.6) is 0 Å². The monoisotopic (exact) mass is 201 g/mol. The minimum atomic E-state index is -0.150. The zero-order chi connectivity index (χ0) is 10.5. The highest BCUT2D eigenvalue weighted by Crippen LogP contribution is 2.07. The van der Waals surface area contributed by atoms with Crippen molar-refractivity contribution in [3.8, 4) is 11.8 Å². The molecule has 1 heterocycles. The summed E-state index contributed by atoms with van der Waals surface area (Å²) in [7, 11) is 0. The van der Waals surface area contributed by atoms with Crippen LogP contribution in [-0.2, 0) is 0 Å². The summed E-state index contributed by atoms with van der Waals surface area (Å²) < 4.78 is 0. The minimum absolute atomic E-state index is 0.150. The van der Waals surface area contributed by atoms with Gasteiger partial charge in [-0.1, -0.05) is 30.0 Å². The maximum atomic E-state index is 9.33. The maximum Gasteiger partial charge on any atom is 0.0679 e. The van der Waals surface area contributed by atoms with Crippen molar-refractivity contribution >= 4 is 0 Å². The number of rotatable bonds is 1. The molecule has 1 N–H and O–H groups in total. The molecule has 1 aliphatic rings. The Morgan fingerprint density at radius 3 is 2.80 bits per heavy atom. The molecule has 0 radical (unpaired) electrons. The normalized spacial score (nSPS) is 21.0. The summed E-state index contributed by atoms with van der Waals surface area (Å²) >= 11 is 0. The van der Waals surface area contributed by atoms with Crippen LogP contribution in [0.1, 0.15) is 12.0 Å². The molecule has 15 heavy (non-hydrogen) atoms. The zero-order valence-electron chi connectivity index (χ0n) is 8.69. The molecular formula is C13H15NO. The number of likely N-dealkylation sites (tertiary alicyclic amines) is 1. The third kappa shape index (κ3) is 3.09. The van der Waals surface area contributed by atoms with Crippen molar-refractivity contribution in [2.24, 2.45) is 0 Å². The smallest absolute Gasteiger partial charge is 0.0679 e. The number of nitrogens with zero attached hydrogens (tertiary/aromatic N) is 1. The minimum Gasteiger partial charge on any atom is -0.392 e. The number of β-amino-alcohol motifs (C(OH)–C–C–N with tert-alkyl or cyclic N) is 1. The summed E-state index contributed by atoms with van der Waals surface area (Å²) in [5.74, 6) is 6.24. The maximum absolute atomic E-state index is 9.33.